The first-order valence-corrected chi connectivity index (χ1v) is 8.95. The van der Waals surface area contributed by atoms with Gasteiger partial charge in [0.1, 0.15) is 11.8 Å². The first-order valence-electron chi connectivity index (χ1n) is 8.95. The molecule has 3 heterocycles. The highest BCUT2D eigenvalue weighted by Crippen LogP contribution is 2.34. The first kappa shape index (κ1) is 18.2. The van der Waals surface area contributed by atoms with Gasteiger partial charge in [0.05, 0.1) is 30.6 Å². The molecule has 0 spiro atoms. The Morgan fingerprint density at radius 2 is 2.11 bits per heavy atom. The van der Waals surface area contributed by atoms with E-state index in [0.29, 0.717) is 41.3 Å². The monoisotopic (exact) mass is 383 g/mol. The minimum Gasteiger partial charge on any atom is -0.481 e. The minimum atomic E-state index is -0.787. The number of fused-ring (bicyclic) bond motifs is 1. The molecule has 146 valence electrons. The van der Waals surface area contributed by atoms with Crippen molar-refractivity contribution in [2.24, 2.45) is 0 Å². The molecule has 0 bridgehead atoms. The van der Waals surface area contributed by atoms with Crippen LogP contribution in [0.1, 0.15) is 40.3 Å². The number of methoxy groups -OCH3 is 1. The number of ether oxygens (including phenoxy) is 1. The van der Waals surface area contributed by atoms with Crippen LogP contribution in [0.4, 0.5) is 0 Å². The molecular formula is C18H21N7O3. The lowest BCUT2D eigenvalue weighted by Gasteiger charge is -2.09. The maximum atomic E-state index is 12.6. The molecule has 1 aliphatic rings. The topological polar surface area (TPSA) is 128 Å². The summed E-state index contributed by atoms with van der Waals surface area (Å²) in [5, 5.41) is 17.1. The lowest BCUT2D eigenvalue weighted by molar-refractivity contribution is 0.0892. The fraction of sp³-hybridized carbons (Fsp3) is 0.444. The van der Waals surface area contributed by atoms with Crippen LogP contribution in [-0.4, -0.2) is 60.0 Å². The Hall–Kier alpha value is -3.14. The summed E-state index contributed by atoms with van der Waals surface area (Å²) in [4.78, 5) is 29.9. The quantitative estimate of drug-likeness (QED) is 0.631. The molecule has 3 aromatic heterocycles. The molecule has 0 atom stereocenters. The number of aliphatic hydroxyl groups is 1. The van der Waals surface area contributed by atoms with Gasteiger partial charge in [0.15, 0.2) is 11.3 Å². The summed E-state index contributed by atoms with van der Waals surface area (Å²) < 4.78 is 6.85. The standard InChI is InChI=1S/C18H21N7O3/c1-10-6-19-13-14(16(26)20-8-18(27)4-5-18)24-25(15(13)23-10)7-12-11(2)17(28-3)22-9-21-12/h6,9,27H,4-5,7-8H2,1-3H3,(H,20,26). The van der Waals surface area contributed by atoms with Crippen LogP contribution in [0.15, 0.2) is 12.5 Å². The number of nitrogens with one attached hydrogen (secondary N) is 1. The average molecular weight is 383 g/mol. The van der Waals surface area contributed by atoms with Crippen LogP contribution >= 0.6 is 0 Å². The molecule has 1 fully saturated rings. The highest BCUT2D eigenvalue weighted by molar-refractivity contribution is 6.02. The number of aryl methyl sites for hydroxylation is 1. The molecule has 0 saturated heterocycles. The molecule has 10 heteroatoms. The molecule has 0 aromatic carbocycles. The van der Waals surface area contributed by atoms with Crippen molar-refractivity contribution in [2.45, 2.75) is 38.8 Å². The molecule has 10 nitrogen and oxygen atoms in total. The van der Waals surface area contributed by atoms with Gasteiger partial charge in [-0.05, 0) is 26.7 Å². The van der Waals surface area contributed by atoms with Gasteiger partial charge in [-0.3, -0.25) is 4.79 Å². The maximum absolute atomic E-state index is 12.6. The predicted octanol–water partition coefficient (Wildman–Crippen LogP) is 0.545. The lowest BCUT2D eigenvalue weighted by atomic mass is 10.2. The van der Waals surface area contributed by atoms with Gasteiger partial charge >= 0.3 is 0 Å². The number of carbonyl (C=O) groups is 1. The Balaban J connectivity index is 1.70. The molecule has 3 aromatic rings. The second kappa shape index (κ2) is 6.79. The molecule has 2 N–H and O–H groups in total. The summed E-state index contributed by atoms with van der Waals surface area (Å²) >= 11 is 0. The molecule has 0 unspecified atom stereocenters. The average Bonchev–Trinajstić information content (AvgIpc) is 3.32. The van der Waals surface area contributed by atoms with Crippen LogP contribution in [0.2, 0.25) is 0 Å². The highest BCUT2D eigenvalue weighted by Gasteiger charge is 2.40. The van der Waals surface area contributed by atoms with Gasteiger partial charge in [-0.15, -0.1) is 0 Å². The van der Waals surface area contributed by atoms with Gasteiger partial charge in [-0.25, -0.2) is 24.6 Å². The van der Waals surface area contributed by atoms with Crippen molar-refractivity contribution < 1.29 is 14.6 Å². The molecule has 1 amide bonds. The predicted molar refractivity (Wildman–Crippen MR) is 99.0 cm³/mol. The second-order valence-corrected chi connectivity index (χ2v) is 7.05. The van der Waals surface area contributed by atoms with E-state index in [4.69, 9.17) is 4.74 Å². The Bertz CT molecular complexity index is 1060. The van der Waals surface area contributed by atoms with Gasteiger partial charge in [0, 0.05) is 18.3 Å². The van der Waals surface area contributed by atoms with E-state index in [9.17, 15) is 9.90 Å². The molecule has 0 radical (unpaired) electrons. The van der Waals surface area contributed by atoms with E-state index < -0.39 is 5.60 Å². The summed E-state index contributed by atoms with van der Waals surface area (Å²) in [6.07, 6.45) is 4.40. The second-order valence-electron chi connectivity index (χ2n) is 7.05. The number of hydrogen-bond donors (Lipinski definition) is 2. The van der Waals surface area contributed by atoms with Gasteiger partial charge in [-0.1, -0.05) is 0 Å². The number of carbonyl (C=O) groups excluding carboxylic acids is 1. The van der Waals surface area contributed by atoms with Gasteiger partial charge in [0.2, 0.25) is 5.88 Å². The van der Waals surface area contributed by atoms with E-state index >= 15 is 0 Å². The summed E-state index contributed by atoms with van der Waals surface area (Å²) in [6, 6.07) is 0. The zero-order valence-electron chi connectivity index (χ0n) is 15.9. The highest BCUT2D eigenvalue weighted by atomic mass is 16.5. The Morgan fingerprint density at radius 1 is 1.32 bits per heavy atom. The maximum Gasteiger partial charge on any atom is 0.274 e. The van der Waals surface area contributed by atoms with E-state index in [-0.39, 0.29) is 24.7 Å². The lowest BCUT2D eigenvalue weighted by Crippen LogP contribution is -2.33. The molecule has 1 aliphatic carbocycles. The third-order valence-corrected chi connectivity index (χ3v) is 4.82. The van der Waals surface area contributed by atoms with E-state index in [0.717, 1.165) is 5.56 Å². The van der Waals surface area contributed by atoms with E-state index in [1.165, 1.54) is 6.33 Å². The smallest absolute Gasteiger partial charge is 0.274 e. The molecule has 0 aliphatic heterocycles. The van der Waals surface area contributed by atoms with Crippen LogP contribution in [-0.2, 0) is 6.54 Å². The van der Waals surface area contributed by atoms with E-state index in [2.05, 4.69) is 30.4 Å². The summed E-state index contributed by atoms with van der Waals surface area (Å²) in [5.41, 5.74) is 2.49. The van der Waals surface area contributed by atoms with E-state index in [1.54, 1.807) is 18.0 Å². The molecular weight excluding hydrogens is 362 g/mol. The molecule has 1 saturated carbocycles. The summed E-state index contributed by atoms with van der Waals surface area (Å²) in [5.74, 6) is 0.0959. The van der Waals surface area contributed by atoms with Gasteiger partial charge in [0.25, 0.3) is 5.91 Å². The molecule has 28 heavy (non-hydrogen) atoms. The number of nitrogens with zero attached hydrogens (tertiary/aromatic N) is 6. The third-order valence-electron chi connectivity index (χ3n) is 4.82. The van der Waals surface area contributed by atoms with Gasteiger partial charge < -0.3 is 15.2 Å². The van der Waals surface area contributed by atoms with Crippen LogP contribution in [0.25, 0.3) is 11.2 Å². The van der Waals surface area contributed by atoms with Crippen molar-refractivity contribution in [3.8, 4) is 5.88 Å². The number of rotatable bonds is 6. The largest absolute Gasteiger partial charge is 0.481 e. The van der Waals surface area contributed by atoms with Crippen LogP contribution in [0.3, 0.4) is 0 Å². The minimum absolute atomic E-state index is 0.172. The van der Waals surface area contributed by atoms with Crippen LogP contribution in [0.5, 0.6) is 5.88 Å². The fourth-order valence-electron chi connectivity index (χ4n) is 2.91. The fourth-order valence-corrected chi connectivity index (χ4v) is 2.91. The molecule has 4 rings (SSSR count). The Kier molecular flexibility index (Phi) is 4.42. The van der Waals surface area contributed by atoms with Crippen molar-refractivity contribution in [2.75, 3.05) is 13.7 Å². The van der Waals surface area contributed by atoms with Crippen molar-refractivity contribution in [3.05, 3.63) is 35.2 Å². The van der Waals surface area contributed by atoms with Gasteiger partial charge in [-0.2, -0.15) is 5.10 Å². The zero-order chi connectivity index (χ0) is 19.9. The Labute approximate surface area is 161 Å². The third kappa shape index (κ3) is 3.38. The van der Waals surface area contributed by atoms with Crippen molar-refractivity contribution >= 4 is 17.1 Å². The summed E-state index contributed by atoms with van der Waals surface area (Å²) in [7, 11) is 1.55. The summed E-state index contributed by atoms with van der Waals surface area (Å²) in [6.45, 7) is 4.17. The van der Waals surface area contributed by atoms with Crippen LogP contribution < -0.4 is 10.1 Å². The SMILES string of the molecule is COc1ncnc(Cn2nc(C(=O)NCC3(O)CC3)c3ncc(C)nc32)c1C. The van der Waals surface area contributed by atoms with Crippen molar-refractivity contribution in [1.29, 1.82) is 0 Å². The number of amides is 1. The normalized spacial score (nSPS) is 14.9. The number of aromatic nitrogens is 6. The van der Waals surface area contributed by atoms with Crippen LogP contribution in [0, 0.1) is 13.8 Å². The van der Waals surface area contributed by atoms with Crippen molar-refractivity contribution in [3.63, 3.8) is 0 Å². The number of hydrogen-bond acceptors (Lipinski definition) is 8. The zero-order valence-corrected chi connectivity index (χ0v) is 15.9. The van der Waals surface area contributed by atoms with E-state index in [1.807, 2.05) is 13.8 Å². The first-order chi connectivity index (χ1) is 13.4. The van der Waals surface area contributed by atoms with Crippen molar-refractivity contribution in [1.82, 2.24) is 35.0 Å². The Morgan fingerprint density at radius 3 is 2.82 bits per heavy atom.